The van der Waals surface area contributed by atoms with Gasteiger partial charge in [0.25, 0.3) is 5.56 Å². The highest BCUT2D eigenvalue weighted by molar-refractivity contribution is 6.30. The maximum atomic E-state index is 12.8. The molecule has 0 spiro atoms. The van der Waals surface area contributed by atoms with Gasteiger partial charge in [-0.2, -0.15) is 0 Å². The van der Waals surface area contributed by atoms with Gasteiger partial charge in [0.05, 0.1) is 11.3 Å². The maximum absolute atomic E-state index is 12.8. The van der Waals surface area contributed by atoms with Gasteiger partial charge >= 0.3 is 0 Å². The maximum Gasteiger partial charge on any atom is 0.278 e. The number of ketones is 1. The summed E-state index contributed by atoms with van der Waals surface area (Å²) < 4.78 is 3.37. The number of hydrogen-bond donors (Lipinski definition) is 0. The molecule has 1 heterocycles. The zero-order chi connectivity index (χ0) is 18.0. The van der Waals surface area contributed by atoms with Crippen LogP contribution < -0.4 is 5.56 Å². The van der Waals surface area contributed by atoms with Crippen molar-refractivity contribution in [1.29, 1.82) is 0 Å². The second-order valence-corrected chi connectivity index (χ2v) is 6.12. The number of benzene rings is 2. The smallest absolute Gasteiger partial charge is 0.278 e. The third-order valence-electron chi connectivity index (χ3n) is 4.13. The van der Waals surface area contributed by atoms with Gasteiger partial charge in [0, 0.05) is 23.3 Å². The van der Waals surface area contributed by atoms with Crippen LogP contribution in [0.1, 0.15) is 21.6 Å². The summed E-state index contributed by atoms with van der Waals surface area (Å²) in [5.74, 6) is -0.175. The highest BCUT2D eigenvalue weighted by Gasteiger charge is 2.14. The van der Waals surface area contributed by atoms with Crippen LogP contribution in [-0.4, -0.2) is 15.1 Å². The predicted molar refractivity (Wildman–Crippen MR) is 101 cm³/mol. The van der Waals surface area contributed by atoms with Gasteiger partial charge in [0.2, 0.25) is 0 Å². The van der Waals surface area contributed by atoms with Crippen LogP contribution in [0.2, 0.25) is 5.02 Å². The van der Waals surface area contributed by atoms with Crippen LogP contribution in [0.25, 0.3) is 11.8 Å². The van der Waals surface area contributed by atoms with Crippen molar-refractivity contribution in [3.05, 3.63) is 92.9 Å². The summed E-state index contributed by atoms with van der Waals surface area (Å²) in [6, 6.07) is 16.0. The largest absolute Gasteiger partial charge is 0.289 e. The molecule has 0 aliphatic heterocycles. The molecule has 0 bridgehead atoms. The number of para-hydroxylation sites is 1. The van der Waals surface area contributed by atoms with Crippen molar-refractivity contribution in [2.75, 3.05) is 0 Å². The molecule has 4 nitrogen and oxygen atoms in total. The Balaban J connectivity index is 1.97. The van der Waals surface area contributed by atoms with E-state index in [4.69, 9.17) is 11.6 Å². The Labute approximate surface area is 150 Å². The molecule has 0 atom stereocenters. The fraction of sp³-hybridized carbons (Fsp3) is 0.100. The van der Waals surface area contributed by atoms with Crippen molar-refractivity contribution in [3.8, 4) is 5.69 Å². The van der Waals surface area contributed by atoms with Gasteiger partial charge in [-0.25, -0.2) is 4.68 Å². The summed E-state index contributed by atoms with van der Waals surface area (Å²) in [6.45, 7) is 1.85. The fourth-order valence-electron chi connectivity index (χ4n) is 2.65. The summed E-state index contributed by atoms with van der Waals surface area (Å²) in [7, 11) is 1.82. The first-order valence-corrected chi connectivity index (χ1v) is 8.19. The summed E-state index contributed by atoms with van der Waals surface area (Å²) in [5, 5.41) is 0.574. The Morgan fingerprint density at radius 1 is 1.04 bits per heavy atom. The molecule has 0 fully saturated rings. The van der Waals surface area contributed by atoms with Gasteiger partial charge in [-0.1, -0.05) is 29.8 Å². The van der Waals surface area contributed by atoms with E-state index in [-0.39, 0.29) is 11.3 Å². The van der Waals surface area contributed by atoms with Crippen LogP contribution in [-0.2, 0) is 7.05 Å². The molecule has 0 aliphatic carbocycles. The topological polar surface area (TPSA) is 44.0 Å². The molecule has 0 saturated heterocycles. The average molecular weight is 353 g/mol. The number of hydrogen-bond acceptors (Lipinski definition) is 2. The van der Waals surface area contributed by atoms with E-state index < -0.39 is 0 Å². The lowest BCUT2D eigenvalue weighted by Crippen LogP contribution is -2.20. The van der Waals surface area contributed by atoms with Crippen molar-refractivity contribution in [2.45, 2.75) is 6.92 Å². The molecule has 3 aromatic rings. The molecular weight excluding hydrogens is 336 g/mol. The number of carbonyl (C=O) groups excluding carboxylic acids is 1. The van der Waals surface area contributed by atoms with E-state index in [1.165, 1.54) is 6.08 Å². The van der Waals surface area contributed by atoms with Gasteiger partial charge in [0.15, 0.2) is 5.78 Å². The van der Waals surface area contributed by atoms with Crippen LogP contribution in [0.3, 0.4) is 0 Å². The predicted octanol–water partition coefficient (Wildman–Crippen LogP) is 4.03. The van der Waals surface area contributed by atoms with Crippen molar-refractivity contribution in [2.24, 2.45) is 7.05 Å². The van der Waals surface area contributed by atoms with Crippen LogP contribution in [0, 0.1) is 6.92 Å². The summed E-state index contributed by atoms with van der Waals surface area (Å²) >= 11 is 5.83. The molecule has 0 N–H and O–H groups in total. The SMILES string of the molecule is Cc1c(/C=C/C(=O)c2ccc(Cl)cc2)c(=O)n(-c2ccccc2)n1C. The molecule has 3 rings (SSSR count). The van der Waals surface area contributed by atoms with Gasteiger partial charge in [0.1, 0.15) is 0 Å². The lowest BCUT2D eigenvalue weighted by Gasteiger charge is -2.07. The fourth-order valence-corrected chi connectivity index (χ4v) is 2.78. The first-order chi connectivity index (χ1) is 12.0. The highest BCUT2D eigenvalue weighted by atomic mass is 35.5. The van der Waals surface area contributed by atoms with E-state index in [0.29, 0.717) is 16.1 Å². The Morgan fingerprint density at radius 3 is 2.32 bits per heavy atom. The minimum atomic E-state index is -0.175. The normalized spacial score (nSPS) is 11.2. The molecule has 0 unspecified atom stereocenters. The summed E-state index contributed by atoms with van der Waals surface area (Å²) in [5.41, 5.74) is 2.42. The van der Waals surface area contributed by atoms with Crippen LogP contribution in [0.4, 0.5) is 0 Å². The molecule has 1 aromatic heterocycles. The van der Waals surface area contributed by atoms with E-state index >= 15 is 0 Å². The number of rotatable bonds is 4. The molecule has 126 valence electrons. The average Bonchev–Trinajstić information content (AvgIpc) is 2.83. The lowest BCUT2D eigenvalue weighted by molar-refractivity contribution is 0.104. The van der Waals surface area contributed by atoms with Crippen molar-refractivity contribution >= 4 is 23.5 Å². The van der Waals surface area contributed by atoms with Gasteiger partial charge in [-0.3, -0.25) is 14.3 Å². The summed E-state index contributed by atoms with van der Waals surface area (Å²) in [4.78, 5) is 25.0. The standard InChI is InChI=1S/C20H17ClN2O2/c1-14-18(12-13-19(24)15-8-10-16(21)11-9-15)20(25)23(22(14)2)17-6-4-3-5-7-17/h3-13H,1-2H3/b13-12+. The Hall–Kier alpha value is -2.85. The molecule has 5 heteroatoms. The summed E-state index contributed by atoms with van der Waals surface area (Å²) in [6.07, 6.45) is 3.00. The zero-order valence-corrected chi connectivity index (χ0v) is 14.7. The second-order valence-electron chi connectivity index (χ2n) is 5.68. The van der Waals surface area contributed by atoms with Gasteiger partial charge in [-0.05, 0) is 55.5 Å². The third-order valence-corrected chi connectivity index (χ3v) is 4.38. The van der Waals surface area contributed by atoms with Crippen LogP contribution >= 0.6 is 11.6 Å². The van der Waals surface area contributed by atoms with Gasteiger partial charge < -0.3 is 0 Å². The first-order valence-electron chi connectivity index (χ1n) is 7.81. The third kappa shape index (κ3) is 3.35. The zero-order valence-electron chi connectivity index (χ0n) is 13.9. The quantitative estimate of drug-likeness (QED) is 0.525. The Morgan fingerprint density at radius 2 is 1.68 bits per heavy atom. The number of nitrogens with zero attached hydrogens (tertiary/aromatic N) is 2. The minimum absolute atomic E-state index is 0.161. The molecule has 0 aliphatic rings. The van der Waals surface area contributed by atoms with E-state index in [2.05, 4.69) is 0 Å². The number of carbonyl (C=O) groups is 1. The van der Waals surface area contributed by atoms with Crippen molar-refractivity contribution in [1.82, 2.24) is 9.36 Å². The van der Waals surface area contributed by atoms with Crippen molar-refractivity contribution in [3.63, 3.8) is 0 Å². The van der Waals surface area contributed by atoms with E-state index in [1.54, 1.807) is 39.7 Å². The number of halogens is 1. The minimum Gasteiger partial charge on any atom is -0.289 e. The Kier molecular flexibility index (Phi) is 4.72. The molecule has 0 radical (unpaired) electrons. The number of allylic oxidation sites excluding steroid dienone is 1. The van der Waals surface area contributed by atoms with Gasteiger partial charge in [-0.15, -0.1) is 0 Å². The molecule has 0 saturated carbocycles. The van der Waals surface area contributed by atoms with Crippen LogP contribution in [0.15, 0.2) is 65.5 Å². The van der Waals surface area contributed by atoms with Crippen molar-refractivity contribution < 1.29 is 4.79 Å². The monoisotopic (exact) mass is 352 g/mol. The molecular formula is C20H17ClN2O2. The Bertz CT molecular complexity index is 997. The van der Waals surface area contributed by atoms with E-state index in [9.17, 15) is 9.59 Å². The van der Waals surface area contributed by atoms with E-state index in [0.717, 1.165) is 11.4 Å². The molecule has 0 amide bonds. The first kappa shape index (κ1) is 17.0. The highest BCUT2D eigenvalue weighted by Crippen LogP contribution is 2.13. The lowest BCUT2D eigenvalue weighted by atomic mass is 10.1. The molecule has 25 heavy (non-hydrogen) atoms. The van der Waals surface area contributed by atoms with Crippen LogP contribution in [0.5, 0.6) is 0 Å². The number of aromatic nitrogens is 2. The second kappa shape index (κ2) is 6.95. The van der Waals surface area contributed by atoms with E-state index in [1.807, 2.05) is 44.3 Å². The molecule has 2 aromatic carbocycles.